The summed E-state index contributed by atoms with van der Waals surface area (Å²) in [5, 5.41) is 4.16. The fourth-order valence-corrected chi connectivity index (χ4v) is 3.71. The Labute approximate surface area is 187 Å². The summed E-state index contributed by atoms with van der Waals surface area (Å²) in [6, 6.07) is 23.2. The molecule has 0 fully saturated rings. The molecule has 0 saturated carbocycles. The number of ether oxygens (including phenoxy) is 3. The number of para-hydroxylation sites is 1. The van der Waals surface area contributed by atoms with E-state index in [1.807, 2.05) is 48.7 Å². The number of benzene rings is 3. The van der Waals surface area contributed by atoms with Gasteiger partial charge in [-0.05, 0) is 53.6 Å². The summed E-state index contributed by atoms with van der Waals surface area (Å²) in [5.74, 6) is 1.94. The number of methoxy groups -OCH3 is 2. The van der Waals surface area contributed by atoms with E-state index >= 15 is 0 Å². The molecule has 0 aliphatic heterocycles. The highest BCUT2D eigenvalue weighted by Gasteiger charge is 2.19. The Balaban J connectivity index is 1.48. The maximum absolute atomic E-state index is 12.5. The van der Waals surface area contributed by atoms with Crippen LogP contribution < -0.4 is 19.5 Å². The third-order valence-electron chi connectivity index (χ3n) is 5.45. The van der Waals surface area contributed by atoms with Gasteiger partial charge in [-0.2, -0.15) is 0 Å². The van der Waals surface area contributed by atoms with Crippen LogP contribution in [0.4, 0.5) is 0 Å². The number of fused-ring (bicyclic) bond motifs is 1. The van der Waals surface area contributed by atoms with Crippen LogP contribution in [0.25, 0.3) is 10.9 Å². The van der Waals surface area contributed by atoms with Gasteiger partial charge in [-0.25, -0.2) is 0 Å². The SMILES string of the molecule is COc1ccc(OCC(=O)NC[C@@H](c2ccc(OC)cc2)c2c[nH]c3ccccc23)cc1. The predicted octanol–water partition coefficient (Wildman–Crippen LogP) is 4.51. The smallest absolute Gasteiger partial charge is 0.257 e. The van der Waals surface area contributed by atoms with Gasteiger partial charge in [-0.1, -0.05) is 30.3 Å². The first-order valence-electron chi connectivity index (χ1n) is 10.4. The summed E-state index contributed by atoms with van der Waals surface area (Å²) in [6.45, 7) is 0.383. The Hall–Kier alpha value is -3.93. The van der Waals surface area contributed by atoms with Gasteiger partial charge in [0.1, 0.15) is 17.2 Å². The summed E-state index contributed by atoms with van der Waals surface area (Å²) < 4.78 is 16.0. The fourth-order valence-electron chi connectivity index (χ4n) is 3.71. The van der Waals surface area contributed by atoms with Crippen molar-refractivity contribution < 1.29 is 19.0 Å². The zero-order valence-corrected chi connectivity index (χ0v) is 18.1. The molecule has 0 spiro atoms. The second kappa shape index (κ2) is 9.92. The van der Waals surface area contributed by atoms with Crippen molar-refractivity contribution in [2.45, 2.75) is 5.92 Å². The van der Waals surface area contributed by atoms with Crippen LogP contribution in [0.1, 0.15) is 17.0 Å². The number of hydrogen-bond acceptors (Lipinski definition) is 4. The van der Waals surface area contributed by atoms with E-state index in [1.165, 1.54) is 0 Å². The van der Waals surface area contributed by atoms with E-state index in [2.05, 4.69) is 16.4 Å². The Morgan fingerprint density at radius 1 is 0.875 bits per heavy atom. The van der Waals surface area contributed by atoms with Gasteiger partial charge in [-0.15, -0.1) is 0 Å². The van der Waals surface area contributed by atoms with Crippen molar-refractivity contribution in [3.05, 3.63) is 90.1 Å². The van der Waals surface area contributed by atoms with Crippen molar-refractivity contribution >= 4 is 16.8 Å². The molecule has 3 aromatic carbocycles. The highest BCUT2D eigenvalue weighted by atomic mass is 16.5. The minimum atomic E-state index is -0.181. The van der Waals surface area contributed by atoms with Gasteiger partial charge in [0.25, 0.3) is 5.91 Å². The lowest BCUT2D eigenvalue weighted by Crippen LogP contribution is -2.32. The van der Waals surface area contributed by atoms with Crippen LogP contribution in [0.15, 0.2) is 79.0 Å². The molecule has 4 aromatic rings. The van der Waals surface area contributed by atoms with E-state index in [0.717, 1.165) is 33.5 Å². The fraction of sp³-hybridized carbons (Fsp3) is 0.192. The first-order valence-corrected chi connectivity index (χ1v) is 10.4. The van der Waals surface area contributed by atoms with E-state index in [1.54, 1.807) is 38.5 Å². The number of carbonyl (C=O) groups excluding carboxylic acids is 1. The number of nitrogens with one attached hydrogen (secondary N) is 2. The standard InChI is InChI=1S/C26H26N2O4/c1-30-19-9-7-18(8-10-19)23(24-16-27-25-6-4-3-5-22(24)25)15-28-26(29)17-32-21-13-11-20(31-2)12-14-21/h3-14,16,23,27H,15,17H2,1-2H3,(H,28,29)/t23-/m0/s1. The molecule has 6 nitrogen and oxygen atoms in total. The van der Waals surface area contributed by atoms with E-state index in [9.17, 15) is 4.79 Å². The summed E-state index contributed by atoms with van der Waals surface area (Å²) in [7, 11) is 3.26. The molecule has 32 heavy (non-hydrogen) atoms. The van der Waals surface area contributed by atoms with Crippen molar-refractivity contribution in [3.8, 4) is 17.2 Å². The molecular formula is C26H26N2O4. The second-order valence-corrected chi connectivity index (χ2v) is 7.38. The van der Waals surface area contributed by atoms with Gasteiger partial charge >= 0.3 is 0 Å². The van der Waals surface area contributed by atoms with Gasteiger partial charge in [0.15, 0.2) is 6.61 Å². The minimum absolute atomic E-state index is 0.0259. The van der Waals surface area contributed by atoms with Crippen LogP contribution >= 0.6 is 0 Å². The zero-order valence-electron chi connectivity index (χ0n) is 18.1. The van der Waals surface area contributed by atoms with Crippen molar-refractivity contribution in [1.82, 2.24) is 10.3 Å². The number of rotatable bonds is 9. The molecular weight excluding hydrogens is 404 g/mol. The number of H-pyrrole nitrogens is 1. The van der Waals surface area contributed by atoms with Crippen molar-refractivity contribution in [1.29, 1.82) is 0 Å². The molecule has 0 unspecified atom stereocenters. The Bertz CT molecular complexity index is 1170. The molecule has 1 amide bonds. The first kappa shape index (κ1) is 21.3. The molecule has 1 aromatic heterocycles. The largest absolute Gasteiger partial charge is 0.497 e. The molecule has 0 aliphatic carbocycles. The lowest BCUT2D eigenvalue weighted by Gasteiger charge is -2.19. The Kier molecular flexibility index (Phi) is 6.60. The summed E-state index contributed by atoms with van der Waals surface area (Å²) in [4.78, 5) is 15.9. The summed E-state index contributed by atoms with van der Waals surface area (Å²) in [6.07, 6.45) is 2.01. The molecule has 0 aliphatic rings. The lowest BCUT2D eigenvalue weighted by atomic mass is 9.91. The first-order chi connectivity index (χ1) is 15.7. The van der Waals surface area contributed by atoms with E-state index < -0.39 is 0 Å². The van der Waals surface area contributed by atoms with Crippen molar-refractivity contribution in [2.75, 3.05) is 27.4 Å². The van der Waals surface area contributed by atoms with Crippen LogP contribution in [-0.4, -0.2) is 38.3 Å². The van der Waals surface area contributed by atoms with E-state index in [4.69, 9.17) is 14.2 Å². The molecule has 1 heterocycles. The summed E-state index contributed by atoms with van der Waals surface area (Å²) >= 11 is 0. The van der Waals surface area contributed by atoms with Gasteiger partial charge in [0.05, 0.1) is 14.2 Å². The third kappa shape index (κ3) is 4.86. The zero-order chi connectivity index (χ0) is 22.3. The molecule has 0 saturated heterocycles. The second-order valence-electron chi connectivity index (χ2n) is 7.38. The average molecular weight is 431 g/mol. The third-order valence-corrected chi connectivity index (χ3v) is 5.45. The molecule has 0 radical (unpaired) electrons. The molecule has 0 bridgehead atoms. The topological polar surface area (TPSA) is 72.6 Å². The number of aromatic nitrogens is 1. The van der Waals surface area contributed by atoms with Crippen LogP contribution in [0.5, 0.6) is 17.2 Å². The monoisotopic (exact) mass is 430 g/mol. The predicted molar refractivity (Wildman–Crippen MR) is 125 cm³/mol. The van der Waals surface area contributed by atoms with Crippen LogP contribution in [0, 0.1) is 0 Å². The van der Waals surface area contributed by atoms with Crippen molar-refractivity contribution in [3.63, 3.8) is 0 Å². The van der Waals surface area contributed by atoms with Crippen LogP contribution in [-0.2, 0) is 4.79 Å². The van der Waals surface area contributed by atoms with E-state index in [0.29, 0.717) is 12.3 Å². The maximum Gasteiger partial charge on any atom is 0.257 e. The van der Waals surface area contributed by atoms with Gasteiger partial charge in [-0.3, -0.25) is 4.79 Å². The quantitative estimate of drug-likeness (QED) is 0.410. The molecule has 2 N–H and O–H groups in total. The Morgan fingerprint density at radius 3 is 2.19 bits per heavy atom. The normalized spacial score (nSPS) is 11.7. The van der Waals surface area contributed by atoms with Gasteiger partial charge < -0.3 is 24.5 Å². The van der Waals surface area contributed by atoms with Crippen LogP contribution in [0.3, 0.4) is 0 Å². The highest BCUT2D eigenvalue weighted by molar-refractivity contribution is 5.84. The maximum atomic E-state index is 12.5. The van der Waals surface area contributed by atoms with Crippen molar-refractivity contribution in [2.24, 2.45) is 0 Å². The van der Waals surface area contributed by atoms with Gasteiger partial charge in [0.2, 0.25) is 0 Å². The molecule has 4 rings (SSSR count). The van der Waals surface area contributed by atoms with E-state index in [-0.39, 0.29) is 18.4 Å². The molecule has 6 heteroatoms. The number of amides is 1. The number of aromatic amines is 1. The minimum Gasteiger partial charge on any atom is -0.497 e. The lowest BCUT2D eigenvalue weighted by molar-refractivity contribution is -0.123. The average Bonchev–Trinajstić information content (AvgIpc) is 3.27. The van der Waals surface area contributed by atoms with Gasteiger partial charge in [0, 0.05) is 29.6 Å². The van der Waals surface area contributed by atoms with Crippen LogP contribution in [0.2, 0.25) is 0 Å². The summed E-state index contributed by atoms with van der Waals surface area (Å²) in [5.41, 5.74) is 3.28. The number of carbonyl (C=O) groups is 1. The Morgan fingerprint density at radius 2 is 1.50 bits per heavy atom. The highest BCUT2D eigenvalue weighted by Crippen LogP contribution is 2.31. The molecule has 1 atom stereocenters. The number of hydrogen-bond donors (Lipinski definition) is 2. The molecule has 164 valence electrons.